The Morgan fingerprint density at radius 3 is 2.47 bits per heavy atom. The Hall–Kier alpha value is -3.12. The highest BCUT2D eigenvalue weighted by Gasteiger charge is 2.36. The summed E-state index contributed by atoms with van der Waals surface area (Å²) >= 11 is 6.30. The number of hydrogen-bond acceptors (Lipinski definition) is 4. The molecular weight excluding hydrogens is 404 g/mol. The first-order valence-corrected chi connectivity index (χ1v) is 10.0. The number of ether oxygens (including phenoxy) is 1. The van der Waals surface area contributed by atoms with Gasteiger partial charge in [-0.2, -0.15) is 0 Å². The van der Waals surface area contributed by atoms with Crippen molar-refractivity contribution in [2.24, 2.45) is 0 Å². The Balaban J connectivity index is 1.94. The molecule has 1 aliphatic heterocycles. The van der Waals surface area contributed by atoms with Crippen LogP contribution in [-0.2, 0) is 9.59 Å². The molecule has 2 aromatic rings. The Morgan fingerprint density at radius 2 is 1.83 bits per heavy atom. The number of hydrogen-bond donors (Lipinski definition) is 1. The van der Waals surface area contributed by atoms with Crippen molar-refractivity contribution in [2.45, 2.75) is 40.2 Å². The number of carbonyl (C=O) groups is 3. The van der Waals surface area contributed by atoms with Crippen LogP contribution in [0.5, 0.6) is 5.75 Å². The number of nitrogens with one attached hydrogen (secondary N) is 1. The van der Waals surface area contributed by atoms with Crippen molar-refractivity contribution in [1.29, 1.82) is 0 Å². The van der Waals surface area contributed by atoms with Gasteiger partial charge in [0.15, 0.2) is 0 Å². The van der Waals surface area contributed by atoms with E-state index in [0.717, 1.165) is 22.4 Å². The number of amides is 4. The van der Waals surface area contributed by atoms with Gasteiger partial charge >= 0.3 is 6.03 Å². The second-order valence-electron chi connectivity index (χ2n) is 7.25. The number of imide groups is 2. The van der Waals surface area contributed by atoms with E-state index in [-0.39, 0.29) is 11.7 Å². The molecule has 0 bridgehead atoms. The summed E-state index contributed by atoms with van der Waals surface area (Å²) in [7, 11) is 0. The molecule has 0 unspecified atom stereocenters. The van der Waals surface area contributed by atoms with Gasteiger partial charge in [0, 0.05) is 0 Å². The summed E-state index contributed by atoms with van der Waals surface area (Å²) in [6.07, 6.45) is 2.26. The van der Waals surface area contributed by atoms with Crippen LogP contribution in [0, 0.1) is 13.8 Å². The minimum atomic E-state index is -0.777. The van der Waals surface area contributed by atoms with Gasteiger partial charge in [-0.15, -0.1) is 0 Å². The number of nitrogens with zero attached hydrogens (tertiary/aromatic N) is 1. The van der Waals surface area contributed by atoms with E-state index in [9.17, 15) is 14.4 Å². The van der Waals surface area contributed by atoms with Crippen molar-refractivity contribution in [3.05, 3.63) is 63.7 Å². The van der Waals surface area contributed by atoms with E-state index in [1.165, 1.54) is 6.08 Å². The second kappa shape index (κ2) is 8.71. The van der Waals surface area contributed by atoms with Crippen LogP contribution in [0.3, 0.4) is 0 Å². The maximum atomic E-state index is 13.0. The molecule has 4 amide bonds. The quantitative estimate of drug-likeness (QED) is 0.550. The lowest BCUT2D eigenvalue weighted by Gasteiger charge is -2.26. The van der Waals surface area contributed by atoms with Gasteiger partial charge in [-0.25, -0.2) is 9.69 Å². The highest BCUT2D eigenvalue weighted by atomic mass is 35.5. The monoisotopic (exact) mass is 426 g/mol. The normalized spacial score (nSPS) is 16.6. The average Bonchev–Trinajstić information content (AvgIpc) is 2.69. The molecule has 1 aliphatic rings. The zero-order valence-electron chi connectivity index (χ0n) is 17.3. The first-order valence-electron chi connectivity index (χ1n) is 9.66. The van der Waals surface area contributed by atoms with Crippen molar-refractivity contribution < 1.29 is 19.1 Å². The zero-order chi connectivity index (χ0) is 22.0. The Kier molecular flexibility index (Phi) is 6.27. The van der Waals surface area contributed by atoms with Crippen LogP contribution in [0.1, 0.15) is 37.0 Å². The fourth-order valence-corrected chi connectivity index (χ4v) is 3.16. The summed E-state index contributed by atoms with van der Waals surface area (Å²) < 4.78 is 5.74. The molecule has 30 heavy (non-hydrogen) atoms. The topological polar surface area (TPSA) is 75.7 Å². The summed E-state index contributed by atoms with van der Waals surface area (Å²) in [6.45, 7) is 7.77. The highest BCUT2D eigenvalue weighted by Crippen LogP contribution is 2.29. The van der Waals surface area contributed by atoms with Gasteiger partial charge in [0.25, 0.3) is 11.8 Å². The molecule has 0 aromatic heterocycles. The molecule has 2 aromatic carbocycles. The number of benzene rings is 2. The standard InChI is InChI=1S/C23H23ClN2O4/c1-5-15(4)30-20-9-7-16(12-19(20)24)11-18-21(27)25-23(29)26(22(18)28)17-8-6-13(2)14(3)10-17/h6-12,15H,5H2,1-4H3,(H,25,27,29)/b18-11+/t15-/m1/s1. The molecule has 3 rings (SSSR count). The summed E-state index contributed by atoms with van der Waals surface area (Å²) in [6, 6.07) is 9.46. The molecule has 0 aliphatic carbocycles. The molecule has 1 fully saturated rings. The smallest absolute Gasteiger partial charge is 0.335 e. The largest absolute Gasteiger partial charge is 0.489 e. The molecule has 6 nitrogen and oxygen atoms in total. The van der Waals surface area contributed by atoms with Crippen molar-refractivity contribution in [3.63, 3.8) is 0 Å². The van der Waals surface area contributed by atoms with Gasteiger partial charge in [0.2, 0.25) is 0 Å². The van der Waals surface area contributed by atoms with Crippen molar-refractivity contribution >= 4 is 41.2 Å². The zero-order valence-corrected chi connectivity index (χ0v) is 18.0. The molecule has 0 saturated carbocycles. The first-order chi connectivity index (χ1) is 14.2. The molecule has 0 spiro atoms. The van der Waals surface area contributed by atoms with Crippen LogP contribution in [0.2, 0.25) is 5.02 Å². The number of rotatable bonds is 5. The number of aryl methyl sites for hydroxylation is 2. The first kappa shape index (κ1) is 21.6. The molecular formula is C23H23ClN2O4. The summed E-state index contributed by atoms with van der Waals surface area (Å²) in [5, 5.41) is 2.59. The van der Waals surface area contributed by atoms with Gasteiger partial charge in [-0.05, 0) is 74.2 Å². The van der Waals surface area contributed by atoms with Crippen LogP contribution in [-0.4, -0.2) is 23.9 Å². The van der Waals surface area contributed by atoms with Gasteiger partial charge in [-0.3, -0.25) is 14.9 Å². The third kappa shape index (κ3) is 4.39. The Morgan fingerprint density at radius 1 is 1.10 bits per heavy atom. The lowest BCUT2D eigenvalue weighted by molar-refractivity contribution is -0.122. The molecule has 1 saturated heterocycles. The fourth-order valence-electron chi connectivity index (χ4n) is 2.93. The SMILES string of the molecule is CC[C@@H](C)Oc1ccc(/C=C2\C(=O)NC(=O)N(c3ccc(C)c(C)c3)C2=O)cc1Cl. The minimum absolute atomic E-state index is 0.00920. The number of urea groups is 1. The fraction of sp³-hybridized carbons (Fsp3) is 0.261. The third-order valence-corrected chi connectivity index (χ3v) is 5.32. The highest BCUT2D eigenvalue weighted by molar-refractivity contribution is 6.39. The second-order valence-corrected chi connectivity index (χ2v) is 7.66. The number of halogens is 1. The average molecular weight is 427 g/mol. The molecule has 0 radical (unpaired) electrons. The van der Waals surface area contributed by atoms with E-state index in [2.05, 4.69) is 5.32 Å². The third-order valence-electron chi connectivity index (χ3n) is 5.02. The van der Waals surface area contributed by atoms with Crippen LogP contribution in [0.15, 0.2) is 42.0 Å². The number of anilines is 1. The van der Waals surface area contributed by atoms with Gasteiger partial charge in [0.1, 0.15) is 11.3 Å². The molecule has 7 heteroatoms. The van der Waals surface area contributed by atoms with Crippen molar-refractivity contribution in [3.8, 4) is 5.75 Å². The van der Waals surface area contributed by atoms with E-state index < -0.39 is 17.8 Å². The Bertz CT molecular complexity index is 1060. The van der Waals surface area contributed by atoms with E-state index in [1.807, 2.05) is 33.8 Å². The maximum absolute atomic E-state index is 13.0. The lowest BCUT2D eigenvalue weighted by atomic mass is 10.0. The predicted molar refractivity (Wildman–Crippen MR) is 117 cm³/mol. The van der Waals surface area contributed by atoms with E-state index >= 15 is 0 Å². The Labute approximate surface area is 180 Å². The van der Waals surface area contributed by atoms with E-state index in [1.54, 1.807) is 30.3 Å². The molecule has 156 valence electrons. The summed E-state index contributed by atoms with van der Waals surface area (Å²) in [5.41, 5.74) is 2.75. The maximum Gasteiger partial charge on any atom is 0.335 e. The molecule has 1 heterocycles. The van der Waals surface area contributed by atoms with Gasteiger partial charge < -0.3 is 4.74 Å². The number of barbiturate groups is 1. The van der Waals surface area contributed by atoms with Gasteiger partial charge in [0.05, 0.1) is 16.8 Å². The molecule has 1 N–H and O–H groups in total. The van der Waals surface area contributed by atoms with E-state index in [4.69, 9.17) is 16.3 Å². The van der Waals surface area contributed by atoms with Crippen LogP contribution in [0.25, 0.3) is 6.08 Å². The van der Waals surface area contributed by atoms with Crippen LogP contribution >= 0.6 is 11.6 Å². The van der Waals surface area contributed by atoms with Crippen LogP contribution in [0.4, 0.5) is 10.5 Å². The minimum Gasteiger partial charge on any atom is -0.489 e. The van der Waals surface area contributed by atoms with E-state index in [0.29, 0.717) is 22.0 Å². The van der Waals surface area contributed by atoms with Crippen molar-refractivity contribution in [1.82, 2.24) is 5.32 Å². The summed E-state index contributed by atoms with van der Waals surface area (Å²) in [5.74, 6) is -0.913. The van der Waals surface area contributed by atoms with Gasteiger partial charge in [-0.1, -0.05) is 30.7 Å². The van der Waals surface area contributed by atoms with Crippen LogP contribution < -0.4 is 15.0 Å². The lowest BCUT2D eigenvalue weighted by Crippen LogP contribution is -2.54. The number of carbonyl (C=O) groups excluding carboxylic acids is 3. The molecule has 1 atom stereocenters. The van der Waals surface area contributed by atoms with Crippen molar-refractivity contribution in [2.75, 3.05) is 4.90 Å². The summed E-state index contributed by atoms with van der Waals surface area (Å²) in [4.78, 5) is 38.7. The predicted octanol–water partition coefficient (Wildman–Crippen LogP) is 4.80.